The van der Waals surface area contributed by atoms with Crippen LogP contribution >= 0.6 is 0 Å². The molecule has 0 spiro atoms. The monoisotopic (exact) mass is 176 g/mol. The average molecular weight is 176 g/mol. The number of ether oxygens (including phenoxy) is 1. The lowest BCUT2D eigenvalue weighted by Crippen LogP contribution is -2.05. The molecule has 4 heteroatoms. The summed E-state index contributed by atoms with van der Waals surface area (Å²) in [6, 6.07) is 0. The van der Waals surface area contributed by atoms with E-state index < -0.39 is 5.97 Å². The number of esters is 1. The summed E-state index contributed by atoms with van der Waals surface area (Å²) in [5, 5.41) is 7.57. The standard InChI is InChI=1S/C6H10O3.C2H6O/c1-2-3-4-9-6(8)5-7;1-2-3/h5H,2-4H2,1H3;3H,2H2,1H3. The molecule has 1 N–H and O–H groups in total. The van der Waals surface area contributed by atoms with Crippen molar-refractivity contribution in [2.24, 2.45) is 0 Å². The molecule has 0 saturated heterocycles. The first-order valence-corrected chi connectivity index (χ1v) is 3.95. The fourth-order valence-electron chi connectivity index (χ4n) is 0.351. The van der Waals surface area contributed by atoms with E-state index in [9.17, 15) is 9.59 Å². The van der Waals surface area contributed by atoms with Crippen molar-refractivity contribution in [3.05, 3.63) is 0 Å². The normalized spacial score (nSPS) is 7.92. The zero-order valence-electron chi connectivity index (χ0n) is 7.58. The minimum Gasteiger partial charge on any atom is -0.460 e. The van der Waals surface area contributed by atoms with Crippen LogP contribution in [0.4, 0.5) is 0 Å². The SMILES string of the molecule is CCCCOC(=O)C=O.CCO. The molecule has 0 rings (SSSR count). The number of rotatable bonds is 4. The van der Waals surface area contributed by atoms with Gasteiger partial charge in [0.1, 0.15) is 0 Å². The lowest BCUT2D eigenvalue weighted by Gasteiger charge is -1.95. The molecule has 0 aliphatic heterocycles. The van der Waals surface area contributed by atoms with E-state index >= 15 is 0 Å². The van der Waals surface area contributed by atoms with E-state index in [1.54, 1.807) is 6.92 Å². The molecule has 0 unspecified atom stereocenters. The Morgan fingerprint density at radius 2 is 2.00 bits per heavy atom. The van der Waals surface area contributed by atoms with Gasteiger partial charge < -0.3 is 9.84 Å². The highest BCUT2D eigenvalue weighted by atomic mass is 16.5. The lowest BCUT2D eigenvalue weighted by atomic mass is 10.4. The third-order valence-corrected chi connectivity index (χ3v) is 0.838. The molecule has 0 aliphatic rings. The van der Waals surface area contributed by atoms with E-state index in [0.717, 1.165) is 12.8 Å². The van der Waals surface area contributed by atoms with Crippen LogP contribution in [0.25, 0.3) is 0 Å². The van der Waals surface area contributed by atoms with Crippen molar-refractivity contribution in [3.63, 3.8) is 0 Å². The van der Waals surface area contributed by atoms with Crippen molar-refractivity contribution in [1.82, 2.24) is 0 Å². The summed E-state index contributed by atoms with van der Waals surface area (Å²) in [5.74, 6) is -0.775. The zero-order valence-corrected chi connectivity index (χ0v) is 7.58. The summed E-state index contributed by atoms with van der Waals surface area (Å²) >= 11 is 0. The number of carbonyl (C=O) groups is 2. The Labute approximate surface area is 72.5 Å². The third kappa shape index (κ3) is 16.0. The van der Waals surface area contributed by atoms with Crippen LogP contribution < -0.4 is 0 Å². The van der Waals surface area contributed by atoms with Gasteiger partial charge >= 0.3 is 5.97 Å². The maximum atomic E-state index is 10.1. The highest BCUT2D eigenvalue weighted by molar-refractivity contribution is 6.20. The van der Waals surface area contributed by atoms with Crippen molar-refractivity contribution in [1.29, 1.82) is 0 Å². The fraction of sp³-hybridized carbons (Fsp3) is 0.750. The molecule has 0 fully saturated rings. The molecule has 72 valence electrons. The summed E-state index contributed by atoms with van der Waals surface area (Å²) in [7, 11) is 0. The Hall–Kier alpha value is -0.900. The van der Waals surface area contributed by atoms with Gasteiger partial charge in [0.15, 0.2) is 0 Å². The van der Waals surface area contributed by atoms with Crippen LogP contribution in [-0.2, 0) is 14.3 Å². The molecule has 12 heavy (non-hydrogen) atoms. The first kappa shape index (κ1) is 13.7. The molecule has 0 radical (unpaired) electrons. The second-order valence-electron chi connectivity index (χ2n) is 1.96. The maximum Gasteiger partial charge on any atom is 0.371 e. The summed E-state index contributed by atoms with van der Waals surface area (Å²) < 4.78 is 4.42. The first-order valence-electron chi connectivity index (χ1n) is 3.95. The predicted octanol–water partition coefficient (Wildman–Crippen LogP) is 0.527. The van der Waals surface area contributed by atoms with E-state index in [4.69, 9.17) is 5.11 Å². The molecular formula is C8H16O4. The van der Waals surface area contributed by atoms with Crippen molar-refractivity contribution in [3.8, 4) is 0 Å². The maximum absolute atomic E-state index is 10.1. The van der Waals surface area contributed by atoms with Gasteiger partial charge in [-0.05, 0) is 13.3 Å². The van der Waals surface area contributed by atoms with Gasteiger partial charge in [-0.1, -0.05) is 13.3 Å². The molecule has 0 saturated carbocycles. The molecule has 4 nitrogen and oxygen atoms in total. The Kier molecular flexibility index (Phi) is 14.5. The molecule has 0 aromatic heterocycles. The van der Waals surface area contributed by atoms with E-state index in [2.05, 4.69) is 4.74 Å². The number of unbranched alkanes of at least 4 members (excludes halogenated alkanes) is 1. The van der Waals surface area contributed by atoms with Gasteiger partial charge in [-0.25, -0.2) is 4.79 Å². The summed E-state index contributed by atoms with van der Waals surface area (Å²) in [5.41, 5.74) is 0. The van der Waals surface area contributed by atoms with Crippen LogP contribution in [0.2, 0.25) is 0 Å². The topological polar surface area (TPSA) is 63.6 Å². The smallest absolute Gasteiger partial charge is 0.371 e. The molecular weight excluding hydrogens is 160 g/mol. The number of aldehydes is 1. The van der Waals surface area contributed by atoms with Gasteiger partial charge in [0.25, 0.3) is 0 Å². The van der Waals surface area contributed by atoms with Crippen LogP contribution in [-0.4, -0.2) is 30.6 Å². The van der Waals surface area contributed by atoms with Crippen LogP contribution in [0.15, 0.2) is 0 Å². The van der Waals surface area contributed by atoms with E-state index in [0.29, 0.717) is 6.61 Å². The molecule has 0 aromatic rings. The van der Waals surface area contributed by atoms with E-state index in [1.165, 1.54) is 0 Å². The molecule has 0 aliphatic carbocycles. The average Bonchev–Trinajstić information content (AvgIpc) is 2.06. The van der Waals surface area contributed by atoms with Gasteiger partial charge in [-0.15, -0.1) is 0 Å². The highest BCUT2D eigenvalue weighted by Gasteiger charge is 1.95. The van der Waals surface area contributed by atoms with Gasteiger partial charge in [0.2, 0.25) is 6.29 Å². The predicted molar refractivity (Wildman–Crippen MR) is 44.7 cm³/mol. The Bertz CT molecular complexity index is 112. The minimum atomic E-state index is -0.775. The van der Waals surface area contributed by atoms with E-state index in [-0.39, 0.29) is 12.9 Å². The Balaban J connectivity index is 0. The van der Waals surface area contributed by atoms with Gasteiger partial charge in [-0.3, -0.25) is 4.79 Å². The zero-order chi connectivity index (χ0) is 9.82. The highest BCUT2D eigenvalue weighted by Crippen LogP contribution is 1.86. The number of carbonyl (C=O) groups excluding carboxylic acids is 2. The Morgan fingerprint density at radius 3 is 2.33 bits per heavy atom. The molecule has 0 aromatic carbocycles. The summed E-state index contributed by atoms with van der Waals surface area (Å²) in [4.78, 5) is 19.7. The van der Waals surface area contributed by atoms with Crippen LogP contribution in [0.3, 0.4) is 0 Å². The number of aliphatic hydroxyl groups is 1. The van der Waals surface area contributed by atoms with Crippen LogP contribution in [0.1, 0.15) is 26.7 Å². The first-order chi connectivity index (χ1) is 5.72. The molecule has 0 atom stereocenters. The lowest BCUT2D eigenvalue weighted by molar-refractivity contribution is -0.148. The van der Waals surface area contributed by atoms with Gasteiger partial charge in [0, 0.05) is 6.61 Å². The van der Waals surface area contributed by atoms with Crippen molar-refractivity contribution in [2.75, 3.05) is 13.2 Å². The molecule has 0 heterocycles. The van der Waals surface area contributed by atoms with Crippen molar-refractivity contribution < 1.29 is 19.4 Å². The second-order valence-corrected chi connectivity index (χ2v) is 1.96. The Morgan fingerprint density at radius 1 is 1.50 bits per heavy atom. The number of hydrogen-bond acceptors (Lipinski definition) is 4. The third-order valence-electron chi connectivity index (χ3n) is 0.838. The van der Waals surface area contributed by atoms with Crippen molar-refractivity contribution in [2.45, 2.75) is 26.7 Å². The molecule has 0 amide bonds. The van der Waals surface area contributed by atoms with Crippen molar-refractivity contribution >= 4 is 12.3 Å². The summed E-state index contributed by atoms with van der Waals surface area (Å²) in [6.07, 6.45) is 1.96. The van der Waals surface area contributed by atoms with Gasteiger partial charge in [0.05, 0.1) is 6.61 Å². The quantitative estimate of drug-likeness (QED) is 0.293. The largest absolute Gasteiger partial charge is 0.460 e. The fourth-order valence-corrected chi connectivity index (χ4v) is 0.351. The molecule has 0 bridgehead atoms. The van der Waals surface area contributed by atoms with Crippen LogP contribution in [0.5, 0.6) is 0 Å². The number of aliphatic hydroxyl groups excluding tert-OH is 1. The minimum absolute atomic E-state index is 0.176. The van der Waals surface area contributed by atoms with Gasteiger partial charge in [-0.2, -0.15) is 0 Å². The van der Waals surface area contributed by atoms with Crippen LogP contribution in [0, 0.1) is 0 Å². The second kappa shape index (κ2) is 12.7. The van der Waals surface area contributed by atoms with E-state index in [1.807, 2.05) is 6.92 Å². The summed E-state index contributed by atoms with van der Waals surface area (Å²) in [6.45, 7) is 4.27. The number of hydrogen-bond donors (Lipinski definition) is 1.